The Hall–Kier alpha value is -0.540. The van der Waals surface area contributed by atoms with Crippen molar-refractivity contribution in [3.63, 3.8) is 0 Å². The highest BCUT2D eigenvalue weighted by atomic mass is 35.5. The maximum atomic E-state index is 10.0. The number of quaternary nitrogens is 1. The van der Waals surface area contributed by atoms with E-state index in [4.69, 9.17) is 5.11 Å². The predicted molar refractivity (Wildman–Crippen MR) is 29.1 cm³/mol. The van der Waals surface area contributed by atoms with Crippen LogP contribution in [0.4, 0.5) is 0 Å². The highest BCUT2D eigenvalue weighted by Gasteiger charge is 2.10. The third kappa shape index (κ3) is 4.00. The number of rotatable bonds is 2. The molecule has 0 heterocycles. The number of carboxylic acids is 1. The van der Waals surface area contributed by atoms with Gasteiger partial charge in [-0.2, -0.15) is 0 Å². The smallest absolute Gasteiger partial charge is 0.336 e. The van der Waals surface area contributed by atoms with Crippen LogP contribution in [0.25, 0.3) is 0 Å². The van der Waals surface area contributed by atoms with Crippen LogP contribution in [0.1, 0.15) is 6.92 Å². The van der Waals surface area contributed by atoms with Crippen molar-refractivity contribution in [1.29, 1.82) is 0 Å². The van der Waals surface area contributed by atoms with Crippen LogP contribution in [0.3, 0.4) is 0 Å². The van der Waals surface area contributed by atoms with Gasteiger partial charge in [0.25, 0.3) is 0 Å². The fourth-order valence-corrected chi connectivity index (χ4v) is 0.211. The summed E-state index contributed by atoms with van der Waals surface area (Å²) in [7, 11) is 0. The number of hydrogen-bond donors (Lipinski definition) is 2. The maximum Gasteiger partial charge on any atom is 0.336 e. The Kier molecular flexibility index (Phi) is 5.45. The van der Waals surface area contributed by atoms with Gasteiger partial charge in [-0.3, -0.25) is 0 Å². The largest absolute Gasteiger partial charge is 1.00 e. The highest BCUT2D eigenvalue weighted by Crippen LogP contribution is 1.90. The van der Waals surface area contributed by atoms with Crippen LogP contribution in [0.15, 0.2) is 12.2 Å². The van der Waals surface area contributed by atoms with Crippen LogP contribution in [0.2, 0.25) is 0 Å². The number of carbonyl (C=O) groups is 1. The summed E-state index contributed by atoms with van der Waals surface area (Å²) in [5.41, 5.74) is 3.64. The Morgan fingerprint density at radius 2 is 2.11 bits per heavy atom. The molecule has 3 nitrogen and oxygen atoms in total. The number of aliphatic carboxylic acids is 1. The molecule has 0 aliphatic rings. The summed E-state index contributed by atoms with van der Waals surface area (Å²) >= 11 is 0. The van der Waals surface area contributed by atoms with E-state index in [0.29, 0.717) is 0 Å². The monoisotopic (exact) mass is 151 g/mol. The minimum Gasteiger partial charge on any atom is -1.00 e. The van der Waals surface area contributed by atoms with E-state index in [0.717, 1.165) is 0 Å². The maximum absolute atomic E-state index is 10.0. The molecular formula is C5H10ClNO2. The molecule has 4 N–H and O–H groups in total. The fraction of sp³-hybridized carbons (Fsp3) is 0.400. The normalized spacial score (nSPS) is 11.3. The van der Waals surface area contributed by atoms with Crippen LogP contribution in [0.5, 0.6) is 0 Å². The first kappa shape index (κ1) is 11.3. The second-order valence-corrected chi connectivity index (χ2v) is 1.73. The van der Waals surface area contributed by atoms with Crippen molar-refractivity contribution in [2.75, 3.05) is 0 Å². The molecule has 0 saturated carbocycles. The van der Waals surface area contributed by atoms with Crippen molar-refractivity contribution in [2.45, 2.75) is 13.0 Å². The van der Waals surface area contributed by atoms with Crippen LogP contribution in [-0.4, -0.2) is 17.1 Å². The Labute approximate surface area is 60.0 Å². The molecule has 0 radical (unpaired) electrons. The number of hydrogen-bond acceptors (Lipinski definition) is 1. The zero-order chi connectivity index (χ0) is 6.73. The first-order valence-electron chi connectivity index (χ1n) is 2.31. The Bertz CT molecular complexity index is 122. The molecule has 0 spiro atoms. The molecule has 0 saturated heterocycles. The molecule has 1 atom stereocenters. The molecule has 0 rings (SSSR count). The quantitative estimate of drug-likeness (QED) is 0.399. The average molecular weight is 152 g/mol. The molecule has 0 aromatic rings. The van der Waals surface area contributed by atoms with Gasteiger partial charge in [0.1, 0.15) is 6.04 Å². The van der Waals surface area contributed by atoms with Gasteiger partial charge in [-0.05, 0) is 6.92 Å². The summed E-state index contributed by atoms with van der Waals surface area (Å²) in [6.07, 6.45) is 0. The van der Waals surface area contributed by atoms with E-state index in [2.05, 4.69) is 12.3 Å². The molecule has 54 valence electrons. The first-order valence-corrected chi connectivity index (χ1v) is 2.31. The van der Waals surface area contributed by atoms with Gasteiger partial charge in [0.15, 0.2) is 0 Å². The number of carboxylic acid groups (broad SMARTS) is 1. The van der Waals surface area contributed by atoms with Gasteiger partial charge in [-0.1, -0.05) is 6.58 Å². The standard InChI is InChI=1S/C5H9NO2.ClH/c1-3(4(2)6)5(7)8;/h4H,1,6H2,2H3,(H,7,8);1H/t4-;/m1./s1. The van der Waals surface area contributed by atoms with Gasteiger partial charge < -0.3 is 23.2 Å². The summed E-state index contributed by atoms with van der Waals surface area (Å²) in [5, 5.41) is 8.21. The molecule has 0 aromatic heterocycles. The molecule has 4 heteroatoms. The summed E-state index contributed by atoms with van der Waals surface area (Å²) in [4.78, 5) is 10.0. The SMILES string of the molecule is C=C(C(=O)O)[C@@H](C)[NH3+].[Cl-]. The minimum absolute atomic E-state index is 0. The van der Waals surface area contributed by atoms with E-state index in [1.54, 1.807) is 6.92 Å². The molecular weight excluding hydrogens is 142 g/mol. The van der Waals surface area contributed by atoms with E-state index >= 15 is 0 Å². The van der Waals surface area contributed by atoms with Crippen LogP contribution in [0, 0.1) is 0 Å². The Morgan fingerprint density at radius 3 is 2.11 bits per heavy atom. The van der Waals surface area contributed by atoms with E-state index < -0.39 is 5.97 Å². The third-order valence-corrected chi connectivity index (χ3v) is 0.870. The zero-order valence-electron chi connectivity index (χ0n) is 5.22. The van der Waals surface area contributed by atoms with Crippen molar-refractivity contribution < 1.29 is 28.0 Å². The molecule has 0 aliphatic carbocycles. The molecule has 0 aromatic carbocycles. The summed E-state index contributed by atoms with van der Waals surface area (Å²) in [6, 6.07) is -0.201. The zero-order valence-corrected chi connectivity index (χ0v) is 5.98. The predicted octanol–water partition coefficient (Wildman–Crippen LogP) is -3.74. The van der Waals surface area contributed by atoms with E-state index in [1.807, 2.05) is 0 Å². The van der Waals surface area contributed by atoms with Crippen molar-refractivity contribution >= 4 is 5.97 Å². The van der Waals surface area contributed by atoms with E-state index in [1.165, 1.54) is 0 Å². The lowest BCUT2D eigenvalue weighted by Gasteiger charge is -1.97. The molecule has 0 bridgehead atoms. The summed E-state index contributed by atoms with van der Waals surface area (Å²) in [5.74, 6) is -0.965. The molecule has 0 aliphatic heterocycles. The lowest BCUT2D eigenvalue weighted by molar-refractivity contribution is -0.400. The van der Waals surface area contributed by atoms with E-state index in [-0.39, 0.29) is 24.0 Å². The first-order chi connectivity index (χ1) is 3.55. The molecule has 9 heavy (non-hydrogen) atoms. The Balaban J connectivity index is 0. The lowest BCUT2D eigenvalue weighted by atomic mass is 10.2. The van der Waals surface area contributed by atoms with Crippen molar-refractivity contribution in [1.82, 2.24) is 0 Å². The second kappa shape index (κ2) is 4.35. The fourth-order valence-electron chi connectivity index (χ4n) is 0.211. The van der Waals surface area contributed by atoms with E-state index in [9.17, 15) is 4.79 Å². The van der Waals surface area contributed by atoms with Gasteiger partial charge in [0, 0.05) is 0 Å². The summed E-state index contributed by atoms with van der Waals surface area (Å²) in [6.45, 7) is 4.98. The van der Waals surface area contributed by atoms with Gasteiger partial charge in [-0.25, -0.2) is 4.79 Å². The van der Waals surface area contributed by atoms with Gasteiger partial charge in [0.05, 0.1) is 5.57 Å². The Morgan fingerprint density at radius 1 is 1.78 bits per heavy atom. The van der Waals surface area contributed by atoms with Gasteiger partial charge in [0.2, 0.25) is 0 Å². The van der Waals surface area contributed by atoms with Crippen LogP contribution in [-0.2, 0) is 4.79 Å². The number of halogens is 1. The summed E-state index contributed by atoms with van der Waals surface area (Å²) < 4.78 is 0. The van der Waals surface area contributed by atoms with Crippen LogP contribution < -0.4 is 18.1 Å². The van der Waals surface area contributed by atoms with Gasteiger partial charge in [-0.15, -0.1) is 0 Å². The van der Waals surface area contributed by atoms with Crippen molar-refractivity contribution in [3.8, 4) is 0 Å². The lowest BCUT2D eigenvalue weighted by Crippen LogP contribution is -3.00. The molecule has 0 unspecified atom stereocenters. The average Bonchev–Trinajstić information content (AvgIpc) is 1.64. The second-order valence-electron chi connectivity index (χ2n) is 1.73. The van der Waals surface area contributed by atoms with Crippen molar-refractivity contribution in [2.24, 2.45) is 0 Å². The van der Waals surface area contributed by atoms with Gasteiger partial charge >= 0.3 is 5.97 Å². The minimum atomic E-state index is -0.965. The van der Waals surface area contributed by atoms with Crippen molar-refractivity contribution in [3.05, 3.63) is 12.2 Å². The topological polar surface area (TPSA) is 64.9 Å². The molecule has 0 amide bonds. The van der Waals surface area contributed by atoms with Crippen LogP contribution >= 0.6 is 0 Å². The highest BCUT2D eigenvalue weighted by molar-refractivity contribution is 5.86. The third-order valence-electron chi connectivity index (χ3n) is 0.870. The molecule has 0 fully saturated rings.